The molecule has 0 saturated carbocycles. The summed E-state index contributed by atoms with van der Waals surface area (Å²) in [5.74, 6) is 2.91. The number of carbonyl (C=O) groups is 1. The summed E-state index contributed by atoms with van der Waals surface area (Å²) in [6.45, 7) is 4.23. The molecular weight excluding hydrogens is 354 g/mol. The van der Waals surface area contributed by atoms with E-state index in [1.54, 1.807) is 0 Å². The Bertz CT molecular complexity index is 902. The summed E-state index contributed by atoms with van der Waals surface area (Å²) in [6.07, 6.45) is 2.28. The topological polar surface area (TPSA) is 63.2 Å². The number of methoxy groups -OCH3 is 1. The summed E-state index contributed by atoms with van der Waals surface area (Å²) in [5, 5.41) is 2.87. The summed E-state index contributed by atoms with van der Waals surface area (Å²) in [5.41, 5.74) is 2.41. The third-order valence-electron chi connectivity index (χ3n) is 5.17. The maximum Gasteiger partial charge on any atom is 0.250 e. The monoisotopic (exact) mass is 379 g/mol. The van der Waals surface area contributed by atoms with Gasteiger partial charge < -0.3 is 19.7 Å². The Labute approximate surface area is 165 Å². The molecule has 2 aliphatic rings. The van der Waals surface area contributed by atoms with Crippen LogP contribution in [0.5, 0.6) is 11.5 Å². The molecule has 4 rings (SSSR count). The van der Waals surface area contributed by atoms with Gasteiger partial charge in [0.15, 0.2) is 5.75 Å². The van der Waals surface area contributed by atoms with E-state index in [0.29, 0.717) is 5.69 Å². The van der Waals surface area contributed by atoms with Crippen LogP contribution in [0.15, 0.2) is 47.5 Å². The molecular formula is C22H25N3O3. The Kier molecular flexibility index (Phi) is 5.30. The van der Waals surface area contributed by atoms with Crippen LogP contribution in [0.3, 0.4) is 0 Å². The van der Waals surface area contributed by atoms with E-state index in [9.17, 15) is 4.79 Å². The van der Waals surface area contributed by atoms with Crippen molar-refractivity contribution >= 4 is 23.1 Å². The number of likely N-dealkylation sites (tertiary alicyclic amines) is 1. The van der Waals surface area contributed by atoms with Crippen LogP contribution >= 0.6 is 0 Å². The first-order valence-electron chi connectivity index (χ1n) is 9.68. The highest BCUT2D eigenvalue weighted by molar-refractivity contribution is 6.05. The van der Waals surface area contributed by atoms with Crippen molar-refractivity contribution in [3.05, 3.63) is 48.0 Å². The number of nitrogens with one attached hydrogen (secondary N) is 1. The lowest BCUT2D eigenvalue weighted by Crippen LogP contribution is -2.38. The van der Waals surface area contributed by atoms with Crippen molar-refractivity contribution in [1.82, 2.24) is 4.90 Å². The predicted molar refractivity (Wildman–Crippen MR) is 110 cm³/mol. The number of amides is 1. The van der Waals surface area contributed by atoms with E-state index in [4.69, 9.17) is 14.5 Å². The van der Waals surface area contributed by atoms with Crippen LogP contribution in [0.25, 0.3) is 0 Å². The molecule has 0 spiro atoms. The Morgan fingerprint density at radius 2 is 2.00 bits per heavy atom. The molecule has 1 amide bonds. The smallest absolute Gasteiger partial charge is 0.250 e. The van der Waals surface area contributed by atoms with Crippen LogP contribution in [-0.2, 0) is 9.53 Å². The van der Waals surface area contributed by atoms with Crippen molar-refractivity contribution in [3.8, 4) is 11.5 Å². The van der Waals surface area contributed by atoms with Gasteiger partial charge in [-0.15, -0.1) is 0 Å². The van der Waals surface area contributed by atoms with Crippen LogP contribution < -0.4 is 10.1 Å². The normalized spacial score (nSPS) is 16.4. The quantitative estimate of drug-likeness (QED) is 0.869. The standard InChI is InChI=1S/C22H25N3O3/c1-15-9-11-25(12-10-15)22-17-13-16(23-21(26)14-27-2)7-8-19(17)28-20-6-4-3-5-18(20)24-22/h3-8,13,15H,9-12,14H2,1-2H3,(H,23,26). The van der Waals surface area contributed by atoms with Gasteiger partial charge in [-0.05, 0) is 49.1 Å². The molecule has 0 radical (unpaired) electrons. The van der Waals surface area contributed by atoms with Gasteiger partial charge in [-0.2, -0.15) is 0 Å². The number of hydrogen-bond acceptors (Lipinski definition) is 5. The van der Waals surface area contributed by atoms with Crippen molar-refractivity contribution < 1.29 is 14.3 Å². The predicted octanol–water partition coefficient (Wildman–Crippen LogP) is 4.19. The molecule has 0 aromatic heterocycles. The van der Waals surface area contributed by atoms with Crippen LogP contribution in [0.4, 0.5) is 11.4 Å². The fraction of sp³-hybridized carbons (Fsp3) is 0.364. The number of carbonyl (C=O) groups excluding carboxylic acids is 1. The van der Waals surface area contributed by atoms with E-state index in [1.165, 1.54) is 7.11 Å². The summed E-state index contributed by atoms with van der Waals surface area (Å²) < 4.78 is 11.1. The fourth-order valence-corrected chi connectivity index (χ4v) is 3.59. The largest absolute Gasteiger partial charge is 0.454 e. The minimum atomic E-state index is -0.189. The zero-order valence-electron chi connectivity index (χ0n) is 16.3. The van der Waals surface area contributed by atoms with E-state index in [0.717, 1.165) is 60.4 Å². The molecule has 146 valence electrons. The lowest BCUT2D eigenvalue weighted by atomic mass is 9.98. The number of amidine groups is 1. The molecule has 0 atom stereocenters. The van der Waals surface area contributed by atoms with Gasteiger partial charge in [0.2, 0.25) is 5.91 Å². The third-order valence-corrected chi connectivity index (χ3v) is 5.17. The number of benzene rings is 2. The summed E-state index contributed by atoms with van der Waals surface area (Å²) in [6, 6.07) is 13.5. The molecule has 0 aliphatic carbocycles. The number of ether oxygens (including phenoxy) is 2. The van der Waals surface area contributed by atoms with E-state index in [-0.39, 0.29) is 12.5 Å². The van der Waals surface area contributed by atoms with Crippen LogP contribution in [-0.4, -0.2) is 43.4 Å². The molecule has 2 heterocycles. The first-order chi connectivity index (χ1) is 13.6. The van der Waals surface area contributed by atoms with Gasteiger partial charge in [0.1, 0.15) is 23.9 Å². The van der Waals surface area contributed by atoms with Gasteiger partial charge in [0.05, 0.1) is 5.56 Å². The molecule has 2 aliphatic heterocycles. The fourth-order valence-electron chi connectivity index (χ4n) is 3.59. The Morgan fingerprint density at radius 1 is 1.21 bits per heavy atom. The minimum Gasteiger partial charge on any atom is -0.454 e. The van der Waals surface area contributed by atoms with Gasteiger partial charge in [-0.1, -0.05) is 19.1 Å². The van der Waals surface area contributed by atoms with Gasteiger partial charge in [0, 0.05) is 25.9 Å². The lowest BCUT2D eigenvalue weighted by Gasteiger charge is -2.33. The summed E-state index contributed by atoms with van der Waals surface area (Å²) in [7, 11) is 1.50. The maximum absolute atomic E-state index is 11.9. The van der Waals surface area contributed by atoms with E-state index < -0.39 is 0 Å². The second-order valence-corrected chi connectivity index (χ2v) is 7.37. The Balaban J connectivity index is 1.74. The van der Waals surface area contributed by atoms with E-state index in [1.807, 2.05) is 42.5 Å². The highest BCUT2D eigenvalue weighted by atomic mass is 16.5. The van der Waals surface area contributed by atoms with Crippen molar-refractivity contribution in [2.45, 2.75) is 19.8 Å². The van der Waals surface area contributed by atoms with Gasteiger partial charge in [-0.25, -0.2) is 4.99 Å². The molecule has 0 bridgehead atoms. The van der Waals surface area contributed by atoms with E-state index >= 15 is 0 Å². The molecule has 1 fully saturated rings. The number of para-hydroxylation sites is 2. The van der Waals surface area contributed by atoms with Gasteiger partial charge in [-0.3, -0.25) is 4.79 Å². The second kappa shape index (κ2) is 8.02. The number of rotatable bonds is 3. The first kappa shape index (κ1) is 18.5. The molecule has 1 saturated heterocycles. The second-order valence-electron chi connectivity index (χ2n) is 7.37. The first-order valence-corrected chi connectivity index (χ1v) is 9.68. The van der Waals surface area contributed by atoms with E-state index in [2.05, 4.69) is 17.1 Å². The zero-order valence-corrected chi connectivity index (χ0v) is 16.3. The number of hydrogen-bond donors (Lipinski definition) is 1. The molecule has 2 aromatic rings. The third kappa shape index (κ3) is 3.87. The van der Waals surface area contributed by atoms with Gasteiger partial charge >= 0.3 is 0 Å². The van der Waals surface area contributed by atoms with Crippen molar-refractivity contribution in [3.63, 3.8) is 0 Å². The summed E-state index contributed by atoms with van der Waals surface area (Å²) in [4.78, 5) is 19.2. The molecule has 6 nitrogen and oxygen atoms in total. The number of aliphatic imine (C=N–C) groups is 1. The van der Waals surface area contributed by atoms with Crippen molar-refractivity contribution in [2.75, 3.05) is 32.1 Å². The molecule has 28 heavy (non-hydrogen) atoms. The van der Waals surface area contributed by atoms with Crippen LogP contribution in [0.1, 0.15) is 25.3 Å². The highest BCUT2D eigenvalue weighted by Crippen LogP contribution is 2.39. The van der Waals surface area contributed by atoms with Crippen LogP contribution in [0.2, 0.25) is 0 Å². The Morgan fingerprint density at radius 3 is 2.79 bits per heavy atom. The van der Waals surface area contributed by atoms with Crippen LogP contribution in [0, 0.1) is 5.92 Å². The molecule has 0 unspecified atom stereocenters. The number of anilines is 1. The zero-order chi connectivity index (χ0) is 19.5. The molecule has 6 heteroatoms. The average molecular weight is 379 g/mol. The highest BCUT2D eigenvalue weighted by Gasteiger charge is 2.26. The van der Waals surface area contributed by atoms with Crippen molar-refractivity contribution in [2.24, 2.45) is 10.9 Å². The number of fused-ring (bicyclic) bond motifs is 2. The van der Waals surface area contributed by atoms with Gasteiger partial charge in [0.25, 0.3) is 0 Å². The minimum absolute atomic E-state index is 0.0178. The number of nitrogens with zero attached hydrogens (tertiary/aromatic N) is 2. The Hall–Kier alpha value is -2.86. The summed E-state index contributed by atoms with van der Waals surface area (Å²) >= 11 is 0. The van der Waals surface area contributed by atoms with Crippen molar-refractivity contribution in [1.29, 1.82) is 0 Å². The lowest BCUT2D eigenvalue weighted by molar-refractivity contribution is -0.119. The number of piperidine rings is 1. The average Bonchev–Trinajstić information content (AvgIpc) is 2.85. The SMILES string of the molecule is COCC(=O)Nc1ccc2c(c1)C(N1CCC(C)CC1)=Nc1ccccc1O2. The maximum atomic E-state index is 11.9. The molecule has 2 aromatic carbocycles. The molecule has 1 N–H and O–H groups in total.